The lowest BCUT2D eigenvalue weighted by Gasteiger charge is -2.06. The van der Waals surface area contributed by atoms with E-state index in [1.165, 1.54) is 0 Å². The van der Waals surface area contributed by atoms with Crippen molar-refractivity contribution in [2.75, 3.05) is 5.88 Å². The molecule has 1 aromatic heterocycles. The highest BCUT2D eigenvalue weighted by Crippen LogP contribution is 2.25. The summed E-state index contributed by atoms with van der Waals surface area (Å²) in [4.78, 5) is 0. The number of benzene rings is 1. The van der Waals surface area contributed by atoms with Crippen LogP contribution in [0.4, 0.5) is 0 Å². The predicted octanol–water partition coefficient (Wildman–Crippen LogP) is 3.39. The van der Waals surface area contributed by atoms with Gasteiger partial charge in [0, 0.05) is 12.3 Å². The molecule has 4 nitrogen and oxygen atoms in total. The Balaban J connectivity index is 1.99. The minimum Gasteiger partial charge on any atom is -0.482 e. The minimum atomic E-state index is 0.193. The maximum Gasteiger partial charge on any atom is 0.253 e. The molecule has 0 aliphatic heterocycles. The molecule has 6 heteroatoms. The smallest absolute Gasteiger partial charge is 0.253 e. The lowest BCUT2D eigenvalue weighted by Crippen LogP contribution is -1.96. The SMILES string of the molecule is Cc1ccc(Cl)c(OCc2nnc(CCCl)o2)c1. The van der Waals surface area contributed by atoms with E-state index in [-0.39, 0.29) is 6.61 Å². The molecular formula is C12H12Cl2N2O2. The zero-order valence-corrected chi connectivity index (χ0v) is 11.3. The Morgan fingerprint density at radius 1 is 1.28 bits per heavy atom. The zero-order chi connectivity index (χ0) is 13.0. The van der Waals surface area contributed by atoms with Crippen LogP contribution in [-0.2, 0) is 13.0 Å². The van der Waals surface area contributed by atoms with Crippen molar-refractivity contribution < 1.29 is 9.15 Å². The van der Waals surface area contributed by atoms with E-state index in [1.54, 1.807) is 6.07 Å². The predicted molar refractivity (Wildman–Crippen MR) is 69.2 cm³/mol. The highest BCUT2D eigenvalue weighted by atomic mass is 35.5. The van der Waals surface area contributed by atoms with Crippen LogP contribution >= 0.6 is 23.2 Å². The van der Waals surface area contributed by atoms with Crippen LogP contribution in [0.1, 0.15) is 17.3 Å². The van der Waals surface area contributed by atoms with E-state index in [9.17, 15) is 0 Å². The topological polar surface area (TPSA) is 48.2 Å². The second kappa shape index (κ2) is 6.07. The van der Waals surface area contributed by atoms with Crippen LogP contribution < -0.4 is 4.74 Å². The van der Waals surface area contributed by atoms with Crippen molar-refractivity contribution in [3.05, 3.63) is 40.6 Å². The van der Waals surface area contributed by atoms with Gasteiger partial charge in [0.05, 0.1) is 5.02 Å². The van der Waals surface area contributed by atoms with Crippen molar-refractivity contribution in [2.45, 2.75) is 20.0 Å². The van der Waals surface area contributed by atoms with Gasteiger partial charge in [0.2, 0.25) is 5.89 Å². The average Bonchev–Trinajstić information content (AvgIpc) is 2.79. The molecule has 0 saturated heterocycles. The van der Waals surface area contributed by atoms with Crippen LogP contribution in [0, 0.1) is 6.92 Å². The number of nitrogens with zero attached hydrogens (tertiary/aromatic N) is 2. The van der Waals surface area contributed by atoms with E-state index >= 15 is 0 Å². The largest absolute Gasteiger partial charge is 0.482 e. The molecule has 96 valence electrons. The first-order chi connectivity index (χ1) is 8.69. The Morgan fingerprint density at radius 2 is 2.06 bits per heavy atom. The molecule has 0 radical (unpaired) electrons. The van der Waals surface area contributed by atoms with Crippen molar-refractivity contribution in [1.82, 2.24) is 10.2 Å². The molecule has 1 heterocycles. The molecule has 0 bridgehead atoms. The van der Waals surface area contributed by atoms with E-state index in [1.807, 2.05) is 19.1 Å². The lowest BCUT2D eigenvalue weighted by atomic mass is 10.2. The van der Waals surface area contributed by atoms with Crippen molar-refractivity contribution in [3.63, 3.8) is 0 Å². The van der Waals surface area contributed by atoms with Crippen LogP contribution in [0.2, 0.25) is 5.02 Å². The van der Waals surface area contributed by atoms with Gasteiger partial charge in [-0.2, -0.15) is 0 Å². The van der Waals surface area contributed by atoms with Gasteiger partial charge in [0.15, 0.2) is 6.61 Å². The number of hydrogen-bond donors (Lipinski definition) is 0. The summed E-state index contributed by atoms with van der Waals surface area (Å²) in [5.74, 6) is 1.98. The van der Waals surface area contributed by atoms with E-state index in [2.05, 4.69) is 10.2 Å². The third-order valence-electron chi connectivity index (χ3n) is 2.25. The molecule has 0 aliphatic rings. The number of alkyl halides is 1. The second-order valence-electron chi connectivity index (χ2n) is 3.75. The standard InChI is InChI=1S/C12H12Cl2N2O2/c1-8-2-3-9(14)10(6-8)17-7-12-16-15-11(18-12)4-5-13/h2-3,6H,4-5,7H2,1H3. The minimum absolute atomic E-state index is 0.193. The number of aromatic nitrogens is 2. The Morgan fingerprint density at radius 3 is 2.83 bits per heavy atom. The lowest BCUT2D eigenvalue weighted by molar-refractivity contribution is 0.259. The van der Waals surface area contributed by atoms with Gasteiger partial charge in [-0.1, -0.05) is 17.7 Å². The van der Waals surface area contributed by atoms with Crippen LogP contribution in [0.3, 0.4) is 0 Å². The van der Waals surface area contributed by atoms with E-state index in [0.29, 0.717) is 34.9 Å². The number of rotatable bonds is 5. The highest BCUT2D eigenvalue weighted by Gasteiger charge is 2.08. The summed E-state index contributed by atoms with van der Waals surface area (Å²) in [7, 11) is 0. The first kappa shape index (κ1) is 13.2. The summed E-state index contributed by atoms with van der Waals surface area (Å²) in [6.07, 6.45) is 0.555. The van der Waals surface area contributed by atoms with Crippen LogP contribution in [0.25, 0.3) is 0 Å². The Hall–Kier alpha value is -1.26. The van der Waals surface area contributed by atoms with Crippen molar-refractivity contribution in [2.24, 2.45) is 0 Å². The molecule has 1 aromatic carbocycles. The van der Waals surface area contributed by atoms with Gasteiger partial charge in [-0.05, 0) is 24.6 Å². The van der Waals surface area contributed by atoms with Gasteiger partial charge in [-0.25, -0.2) is 0 Å². The molecular weight excluding hydrogens is 275 g/mol. The Bertz CT molecular complexity index is 529. The van der Waals surface area contributed by atoms with Gasteiger partial charge in [-0.3, -0.25) is 0 Å². The van der Waals surface area contributed by atoms with Crippen molar-refractivity contribution in [1.29, 1.82) is 0 Å². The van der Waals surface area contributed by atoms with Gasteiger partial charge in [0.1, 0.15) is 5.75 Å². The molecule has 0 fully saturated rings. The molecule has 2 rings (SSSR count). The number of aryl methyl sites for hydroxylation is 2. The van der Waals surface area contributed by atoms with Gasteiger partial charge < -0.3 is 9.15 Å². The molecule has 0 atom stereocenters. The van der Waals surface area contributed by atoms with Crippen LogP contribution in [0.15, 0.2) is 22.6 Å². The molecule has 0 amide bonds. The molecule has 18 heavy (non-hydrogen) atoms. The summed E-state index contributed by atoms with van der Waals surface area (Å²) < 4.78 is 10.9. The molecule has 0 spiro atoms. The molecule has 0 aliphatic carbocycles. The van der Waals surface area contributed by atoms with E-state index in [4.69, 9.17) is 32.4 Å². The maximum atomic E-state index is 6.01. The fraction of sp³-hybridized carbons (Fsp3) is 0.333. The fourth-order valence-corrected chi connectivity index (χ4v) is 1.72. The number of halogens is 2. The van der Waals surface area contributed by atoms with Gasteiger partial charge >= 0.3 is 0 Å². The van der Waals surface area contributed by atoms with Crippen LogP contribution in [0.5, 0.6) is 5.75 Å². The number of ether oxygens (including phenoxy) is 1. The zero-order valence-electron chi connectivity index (χ0n) is 9.82. The number of hydrogen-bond acceptors (Lipinski definition) is 4. The summed E-state index contributed by atoms with van der Waals surface area (Å²) in [6.45, 7) is 2.16. The molecule has 0 saturated carbocycles. The first-order valence-corrected chi connectivity index (χ1v) is 6.36. The molecule has 0 N–H and O–H groups in total. The summed E-state index contributed by atoms with van der Waals surface area (Å²) in [6, 6.07) is 5.57. The van der Waals surface area contributed by atoms with Gasteiger partial charge in [0.25, 0.3) is 5.89 Å². The summed E-state index contributed by atoms with van der Waals surface area (Å²) >= 11 is 11.6. The normalized spacial score (nSPS) is 10.6. The van der Waals surface area contributed by atoms with Gasteiger partial charge in [-0.15, -0.1) is 21.8 Å². The second-order valence-corrected chi connectivity index (χ2v) is 4.54. The van der Waals surface area contributed by atoms with Crippen molar-refractivity contribution >= 4 is 23.2 Å². The Kier molecular flexibility index (Phi) is 4.44. The summed E-state index contributed by atoms with van der Waals surface area (Å²) in [5, 5.41) is 8.26. The molecule has 0 unspecified atom stereocenters. The summed E-state index contributed by atoms with van der Waals surface area (Å²) in [5.41, 5.74) is 1.07. The monoisotopic (exact) mass is 286 g/mol. The highest BCUT2D eigenvalue weighted by molar-refractivity contribution is 6.32. The Labute approximate surface area is 115 Å². The molecule has 2 aromatic rings. The first-order valence-electron chi connectivity index (χ1n) is 5.45. The fourth-order valence-electron chi connectivity index (χ4n) is 1.39. The van der Waals surface area contributed by atoms with Crippen molar-refractivity contribution in [3.8, 4) is 5.75 Å². The van der Waals surface area contributed by atoms with Crippen LogP contribution in [-0.4, -0.2) is 16.1 Å². The quantitative estimate of drug-likeness (QED) is 0.791. The third kappa shape index (κ3) is 3.37. The van der Waals surface area contributed by atoms with E-state index < -0.39 is 0 Å². The third-order valence-corrected chi connectivity index (χ3v) is 2.76. The van der Waals surface area contributed by atoms with E-state index in [0.717, 1.165) is 5.56 Å². The maximum absolute atomic E-state index is 6.01. The average molecular weight is 287 g/mol.